The monoisotopic (exact) mass is 433 g/mol. The molecule has 168 valence electrons. The zero-order chi connectivity index (χ0) is 22.5. The standard InChI is InChI=1S/C23H29F2N3O3/c1-23(2,3)28(22(30)31)17-10-9-14(15-5-4-6-16(24)19(15)25)12-27-18(11-26-21(17)27)20(29)13-7-8-13/h4-6,11,13-14,17,20,29H,7-10,12H2,1-3H3,(H,30,31)/t14-,17-,20?/m1/s1. The highest BCUT2D eigenvalue weighted by Crippen LogP contribution is 2.44. The number of amides is 1. The smallest absolute Gasteiger partial charge is 0.408 e. The highest BCUT2D eigenvalue weighted by Gasteiger charge is 2.41. The van der Waals surface area contributed by atoms with Gasteiger partial charge >= 0.3 is 6.09 Å². The molecule has 1 unspecified atom stereocenters. The fraction of sp³-hybridized carbons (Fsp3) is 0.565. The predicted molar refractivity (Wildman–Crippen MR) is 111 cm³/mol. The van der Waals surface area contributed by atoms with E-state index in [4.69, 9.17) is 0 Å². The van der Waals surface area contributed by atoms with Gasteiger partial charge in [-0.25, -0.2) is 18.6 Å². The Labute approximate surface area is 180 Å². The third-order valence-electron chi connectivity index (χ3n) is 6.44. The van der Waals surface area contributed by atoms with Gasteiger partial charge in [0.2, 0.25) is 0 Å². The van der Waals surface area contributed by atoms with Gasteiger partial charge in [-0.1, -0.05) is 12.1 Å². The maximum absolute atomic E-state index is 14.6. The van der Waals surface area contributed by atoms with Crippen LogP contribution < -0.4 is 0 Å². The Bertz CT molecular complexity index is 981. The first-order valence-corrected chi connectivity index (χ1v) is 10.8. The summed E-state index contributed by atoms with van der Waals surface area (Å²) >= 11 is 0. The molecule has 0 radical (unpaired) electrons. The fourth-order valence-electron chi connectivity index (χ4n) is 4.78. The minimum Gasteiger partial charge on any atom is -0.465 e. The molecule has 8 heteroatoms. The lowest BCUT2D eigenvalue weighted by Gasteiger charge is -2.39. The van der Waals surface area contributed by atoms with E-state index in [1.807, 2.05) is 25.3 Å². The van der Waals surface area contributed by atoms with Crippen molar-refractivity contribution in [3.63, 3.8) is 0 Å². The van der Waals surface area contributed by atoms with Crippen LogP contribution >= 0.6 is 0 Å². The molecule has 1 aromatic carbocycles. The van der Waals surface area contributed by atoms with Crippen LogP contribution in [0.25, 0.3) is 0 Å². The zero-order valence-corrected chi connectivity index (χ0v) is 18.1. The van der Waals surface area contributed by atoms with E-state index in [0.29, 0.717) is 30.9 Å². The van der Waals surface area contributed by atoms with Crippen LogP contribution in [0.4, 0.5) is 13.6 Å². The summed E-state index contributed by atoms with van der Waals surface area (Å²) in [6.45, 7) is 5.78. The van der Waals surface area contributed by atoms with Gasteiger partial charge in [0.05, 0.1) is 24.0 Å². The molecule has 2 aromatic rings. The predicted octanol–water partition coefficient (Wildman–Crippen LogP) is 5.00. The first-order chi connectivity index (χ1) is 14.6. The summed E-state index contributed by atoms with van der Waals surface area (Å²) < 4.78 is 30.4. The molecule has 1 aromatic heterocycles. The van der Waals surface area contributed by atoms with Crippen LogP contribution in [0, 0.1) is 17.6 Å². The first kappa shape index (κ1) is 21.7. The number of hydrogen-bond donors (Lipinski definition) is 2. The van der Waals surface area contributed by atoms with Crippen molar-refractivity contribution in [2.45, 2.75) is 76.6 Å². The van der Waals surface area contributed by atoms with Crippen LogP contribution in [0.1, 0.15) is 81.6 Å². The Kier molecular flexibility index (Phi) is 5.54. The second-order valence-corrected chi connectivity index (χ2v) is 9.69. The zero-order valence-electron chi connectivity index (χ0n) is 18.1. The van der Waals surface area contributed by atoms with E-state index < -0.39 is 35.4 Å². The highest BCUT2D eigenvalue weighted by atomic mass is 19.2. The van der Waals surface area contributed by atoms with Gasteiger partial charge in [-0.15, -0.1) is 0 Å². The van der Waals surface area contributed by atoms with E-state index in [1.54, 1.807) is 12.3 Å². The van der Waals surface area contributed by atoms with E-state index in [2.05, 4.69) is 4.98 Å². The number of rotatable bonds is 4. The summed E-state index contributed by atoms with van der Waals surface area (Å²) in [5, 5.41) is 20.8. The van der Waals surface area contributed by atoms with Crippen molar-refractivity contribution in [3.8, 4) is 0 Å². The van der Waals surface area contributed by atoms with Crippen molar-refractivity contribution in [2.75, 3.05) is 0 Å². The Morgan fingerprint density at radius 1 is 1.23 bits per heavy atom. The molecule has 1 fully saturated rings. The quantitative estimate of drug-likeness (QED) is 0.711. The SMILES string of the molecule is CC(C)(C)N(C(=O)O)[C@@H]1CC[C@@H](c2cccc(F)c2F)Cn2c(C(O)C3CC3)cnc21. The second-order valence-electron chi connectivity index (χ2n) is 9.69. The molecular weight excluding hydrogens is 404 g/mol. The Balaban J connectivity index is 1.81. The Morgan fingerprint density at radius 2 is 1.94 bits per heavy atom. The second kappa shape index (κ2) is 7.89. The molecule has 2 aliphatic rings. The Hall–Kier alpha value is -2.48. The molecule has 3 atom stereocenters. The molecular formula is C23H29F2N3O3. The maximum Gasteiger partial charge on any atom is 0.408 e. The van der Waals surface area contributed by atoms with Gasteiger partial charge in [-0.3, -0.25) is 4.90 Å². The van der Waals surface area contributed by atoms with Gasteiger partial charge in [-0.2, -0.15) is 0 Å². The van der Waals surface area contributed by atoms with Crippen LogP contribution in [0.3, 0.4) is 0 Å². The Morgan fingerprint density at radius 3 is 2.55 bits per heavy atom. The van der Waals surface area contributed by atoms with E-state index >= 15 is 0 Å². The number of carbonyl (C=O) groups is 1. The summed E-state index contributed by atoms with van der Waals surface area (Å²) in [6, 6.07) is 3.60. The molecule has 2 N–H and O–H groups in total. The summed E-state index contributed by atoms with van der Waals surface area (Å²) in [5.74, 6) is -1.43. The van der Waals surface area contributed by atoms with Gasteiger partial charge in [0.1, 0.15) is 5.82 Å². The van der Waals surface area contributed by atoms with Gasteiger partial charge in [0.15, 0.2) is 11.6 Å². The van der Waals surface area contributed by atoms with Crippen molar-refractivity contribution in [2.24, 2.45) is 5.92 Å². The van der Waals surface area contributed by atoms with Crippen LogP contribution in [-0.4, -0.2) is 36.3 Å². The normalized spacial score (nSPS) is 22.5. The minimum absolute atomic E-state index is 0.157. The molecule has 1 amide bonds. The van der Waals surface area contributed by atoms with E-state index in [9.17, 15) is 23.8 Å². The number of fused-ring (bicyclic) bond motifs is 1. The molecule has 31 heavy (non-hydrogen) atoms. The lowest BCUT2D eigenvalue weighted by atomic mass is 9.91. The number of benzene rings is 1. The molecule has 1 aliphatic carbocycles. The lowest BCUT2D eigenvalue weighted by molar-refractivity contribution is 0.0631. The fourth-order valence-corrected chi connectivity index (χ4v) is 4.78. The van der Waals surface area contributed by atoms with Crippen molar-refractivity contribution < 1.29 is 23.8 Å². The van der Waals surface area contributed by atoms with Gasteiger partial charge in [0.25, 0.3) is 0 Å². The molecule has 0 saturated heterocycles. The maximum atomic E-state index is 14.6. The van der Waals surface area contributed by atoms with Gasteiger partial charge < -0.3 is 14.8 Å². The van der Waals surface area contributed by atoms with E-state index in [0.717, 1.165) is 18.9 Å². The van der Waals surface area contributed by atoms with Crippen LogP contribution in [0.15, 0.2) is 24.4 Å². The number of aliphatic hydroxyl groups excluding tert-OH is 1. The van der Waals surface area contributed by atoms with Crippen molar-refractivity contribution >= 4 is 6.09 Å². The van der Waals surface area contributed by atoms with Crippen molar-refractivity contribution in [3.05, 3.63) is 53.1 Å². The summed E-state index contributed by atoms with van der Waals surface area (Å²) in [7, 11) is 0. The minimum atomic E-state index is -1.06. The van der Waals surface area contributed by atoms with E-state index in [1.165, 1.54) is 11.0 Å². The summed E-state index contributed by atoms with van der Waals surface area (Å²) in [4.78, 5) is 18.1. The topological polar surface area (TPSA) is 78.6 Å². The number of aliphatic hydroxyl groups is 1. The van der Waals surface area contributed by atoms with Crippen LogP contribution in [-0.2, 0) is 6.54 Å². The molecule has 4 rings (SSSR count). The number of imidazole rings is 1. The number of carboxylic acid groups (broad SMARTS) is 1. The average molecular weight is 433 g/mol. The summed E-state index contributed by atoms with van der Waals surface area (Å²) in [6.07, 6.45) is 2.58. The molecule has 0 bridgehead atoms. The van der Waals surface area contributed by atoms with E-state index in [-0.39, 0.29) is 17.4 Å². The third kappa shape index (κ3) is 4.05. The number of aromatic nitrogens is 2. The largest absolute Gasteiger partial charge is 0.465 e. The number of hydrogen-bond acceptors (Lipinski definition) is 3. The molecule has 6 nitrogen and oxygen atoms in total. The van der Waals surface area contributed by atoms with Gasteiger partial charge in [0, 0.05) is 18.0 Å². The highest BCUT2D eigenvalue weighted by molar-refractivity contribution is 5.66. The number of nitrogens with zero attached hydrogens (tertiary/aromatic N) is 3. The number of halogens is 2. The summed E-state index contributed by atoms with van der Waals surface area (Å²) in [5.41, 5.74) is 0.196. The van der Waals surface area contributed by atoms with Crippen LogP contribution in [0.5, 0.6) is 0 Å². The van der Waals surface area contributed by atoms with Crippen molar-refractivity contribution in [1.29, 1.82) is 0 Å². The average Bonchev–Trinajstić information content (AvgIpc) is 3.47. The van der Waals surface area contributed by atoms with Crippen LogP contribution in [0.2, 0.25) is 0 Å². The third-order valence-corrected chi connectivity index (χ3v) is 6.44. The molecule has 0 spiro atoms. The molecule has 2 heterocycles. The van der Waals surface area contributed by atoms with Gasteiger partial charge in [-0.05, 0) is 64.0 Å². The first-order valence-electron chi connectivity index (χ1n) is 10.8. The lowest BCUT2D eigenvalue weighted by Crippen LogP contribution is -2.47. The molecule has 1 saturated carbocycles. The van der Waals surface area contributed by atoms with Crippen molar-refractivity contribution in [1.82, 2.24) is 14.5 Å². The molecule has 1 aliphatic heterocycles.